The molecular weight excluding hydrogens is 280 g/mol. The van der Waals surface area contributed by atoms with E-state index in [0.717, 1.165) is 30.9 Å². The van der Waals surface area contributed by atoms with Crippen molar-refractivity contribution in [1.82, 2.24) is 5.32 Å². The molecule has 0 saturated carbocycles. The van der Waals surface area contributed by atoms with Crippen LogP contribution in [0.2, 0.25) is 0 Å². The van der Waals surface area contributed by atoms with Crippen molar-refractivity contribution in [3.63, 3.8) is 0 Å². The maximum atomic E-state index is 13.6. The summed E-state index contributed by atoms with van der Waals surface area (Å²) in [6.45, 7) is 7.67. The van der Waals surface area contributed by atoms with Crippen molar-refractivity contribution in [3.8, 4) is 0 Å². The third-order valence-corrected chi connectivity index (χ3v) is 3.36. The smallest absolute Gasteiger partial charge is 0.268 e. The van der Waals surface area contributed by atoms with Gasteiger partial charge in [0.05, 0.1) is 0 Å². The van der Waals surface area contributed by atoms with Gasteiger partial charge < -0.3 is 5.32 Å². The number of aryl methyl sites for hydroxylation is 1. The summed E-state index contributed by atoms with van der Waals surface area (Å²) in [7, 11) is 0. The summed E-state index contributed by atoms with van der Waals surface area (Å²) in [5, 5.41) is 3.12. The highest BCUT2D eigenvalue weighted by Crippen LogP contribution is 2.23. The molecule has 0 fully saturated rings. The van der Waals surface area contributed by atoms with Gasteiger partial charge in [0.25, 0.3) is 5.92 Å². The SMILES string of the molecule is CCCc1cccc(CNC/C(=C\C=C(C)C)C(C)(F)F)c1. The third kappa shape index (κ3) is 6.99. The average molecular weight is 307 g/mol. The fourth-order valence-corrected chi connectivity index (χ4v) is 2.15. The lowest BCUT2D eigenvalue weighted by Gasteiger charge is -2.16. The number of benzene rings is 1. The summed E-state index contributed by atoms with van der Waals surface area (Å²) >= 11 is 0. The molecule has 1 aromatic carbocycles. The van der Waals surface area contributed by atoms with Crippen molar-refractivity contribution < 1.29 is 8.78 Å². The first-order chi connectivity index (χ1) is 10.3. The fourth-order valence-electron chi connectivity index (χ4n) is 2.15. The van der Waals surface area contributed by atoms with Crippen molar-refractivity contribution in [1.29, 1.82) is 0 Å². The minimum atomic E-state index is -2.80. The molecule has 1 rings (SSSR count). The average Bonchev–Trinajstić information content (AvgIpc) is 2.41. The van der Waals surface area contributed by atoms with Crippen LogP contribution in [-0.4, -0.2) is 12.5 Å². The second-order valence-electron chi connectivity index (χ2n) is 6.00. The molecule has 0 spiro atoms. The Labute approximate surface area is 133 Å². The minimum Gasteiger partial charge on any atom is -0.309 e. The van der Waals surface area contributed by atoms with Gasteiger partial charge in [-0.3, -0.25) is 0 Å². The largest absolute Gasteiger partial charge is 0.309 e. The van der Waals surface area contributed by atoms with Gasteiger partial charge in [-0.25, -0.2) is 8.78 Å². The number of allylic oxidation sites excluding steroid dienone is 3. The van der Waals surface area contributed by atoms with Gasteiger partial charge in [0.15, 0.2) is 0 Å². The van der Waals surface area contributed by atoms with Crippen molar-refractivity contribution in [2.45, 2.75) is 53.0 Å². The van der Waals surface area contributed by atoms with Crippen molar-refractivity contribution in [2.75, 3.05) is 6.54 Å². The molecule has 0 radical (unpaired) electrons. The van der Waals surface area contributed by atoms with E-state index in [9.17, 15) is 8.78 Å². The summed E-state index contributed by atoms with van der Waals surface area (Å²) < 4.78 is 27.2. The second kappa shape index (κ2) is 8.84. The fraction of sp³-hybridized carbons (Fsp3) is 0.474. The van der Waals surface area contributed by atoms with Crippen LogP contribution in [-0.2, 0) is 13.0 Å². The Kier molecular flexibility index (Phi) is 7.46. The van der Waals surface area contributed by atoms with E-state index < -0.39 is 5.92 Å². The van der Waals surface area contributed by atoms with Crippen LogP contribution in [0.25, 0.3) is 0 Å². The molecule has 0 aromatic heterocycles. The Hall–Kier alpha value is -1.48. The molecule has 22 heavy (non-hydrogen) atoms. The van der Waals surface area contributed by atoms with E-state index in [1.54, 1.807) is 6.08 Å². The Morgan fingerprint density at radius 3 is 2.45 bits per heavy atom. The molecule has 0 aliphatic rings. The molecule has 0 bridgehead atoms. The highest BCUT2D eigenvalue weighted by Gasteiger charge is 2.26. The summed E-state index contributed by atoms with van der Waals surface area (Å²) in [5.41, 5.74) is 3.54. The van der Waals surface area contributed by atoms with E-state index >= 15 is 0 Å². The molecule has 122 valence electrons. The number of rotatable bonds is 8. The Balaban J connectivity index is 2.65. The van der Waals surface area contributed by atoms with E-state index in [2.05, 4.69) is 24.4 Å². The van der Waals surface area contributed by atoms with Crippen molar-refractivity contribution >= 4 is 0 Å². The number of alkyl halides is 2. The molecule has 0 saturated heterocycles. The van der Waals surface area contributed by atoms with Crippen molar-refractivity contribution in [2.24, 2.45) is 0 Å². The van der Waals surface area contributed by atoms with Gasteiger partial charge in [0.1, 0.15) is 0 Å². The predicted octanol–water partition coefficient (Wildman–Crippen LogP) is 5.28. The molecule has 0 heterocycles. The van der Waals surface area contributed by atoms with Crippen LogP contribution in [0, 0.1) is 0 Å². The Morgan fingerprint density at radius 1 is 1.18 bits per heavy atom. The summed E-state index contributed by atoms with van der Waals surface area (Å²) in [6, 6.07) is 8.29. The topological polar surface area (TPSA) is 12.0 Å². The highest BCUT2D eigenvalue weighted by molar-refractivity contribution is 5.25. The first-order valence-electron chi connectivity index (χ1n) is 7.83. The van der Waals surface area contributed by atoms with Crippen LogP contribution in [0.4, 0.5) is 8.78 Å². The van der Waals surface area contributed by atoms with Crippen LogP contribution in [0.1, 0.15) is 45.2 Å². The van der Waals surface area contributed by atoms with Gasteiger partial charge in [-0.2, -0.15) is 0 Å². The zero-order valence-corrected chi connectivity index (χ0v) is 14.0. The zero-order chi connectivity index (χ0) is 16.6. The lowest BCUT2D eigenvalue weighted by molar-refractivity contribution is 0.0608. The van der Waals surface area contributed by atoms with Crippen LogP contribution < -0.4 is 5.32 Å². The van der Waals surface area contributed by atoms with Crippen LogP contribution in [0.5, 0.6) is 0 Å². The van der Waals surface area contributed by atoms with E-state index in [0.29, 0.717) is 6.54 Å². The van der Waals surface area contributed by atoms with Crippen LogP contribution in [0.3, 0.4) is 0 Å². The number of hydrogen-bond donors (Lipinski definition) is 1. The van der Waals surface area contributed by atoms with E-state index in [1.165, 1.54) is 11.6 Å². The molecule has 3 heteroatoms. The van der Waals surface area contributed by atoms with Crippen molar-refractivity contribution in [3.05, 3.63) is 58.7 Å². The highest BCUT2D eigenvalue weighted by atomic mass is 19.3. The summed E-state index contributed by atoms with van der Waals surface area (Å²) in [5.74, 6) is -2.80. The lowest BCUT2D eigenvalue weighted by atomic mass is 10.1. The van der Waals surface area contributed by atoms with Crippen LogP contribution >= 0.6 is 0 Å². The Morgan fingerprint density at radius 2 is 1.86 bits per heavy atom. The molecule has 1 nitrogen and oxygen atoms in total. The first-order valence-corrected chi connectivity index (χ1v) is 7.83. The monoisotopic (exact) mass is 307 g/mol. The van der Waals surface area contributed by atoms with E-state index in [4.69, 9.17) is 0 Å². The molecule has 1 N–H and O–H groups in total. The quantitative estimate of drug-likeness (QED) is 0.645. The van der Waals surface area contributed by atoms with Gasteiger partial charge in [-0.05, 0) is 31.4 Å². The molecule has 1 aromatic rings. The minimum absolute atomic E-state index is 0.110. The van der Waals surface area contributed by atoms with Gasteiger partial charge >= 0.3 is 0 Å². The maximum absolute atomic E-state index is 13.6. The third-order valence-electron chi connectivity index (χ3n) is 3.36. The van der Waals surface area contributed by atoms with E-state index in [-0.39, 0.29) is 12.1 Å². The van der Waals surface area contributed by atoms with Gasteiger partial charge in [-0.15, -0.1) is 0 Å². The van der Waals surface area contributed by atoms with Gasteiger partial charge in [0.2, 0.25) is 0 Å². The molecule has 0 amide bonds. The van der Waals surface area contributed by atoms with Gasteiger partial charge in [-0.1, -0.05) is 55.3 Å². The number of nitrogens with one attached hydrogen (secondary N) is 1. The molecule has 0 aliphatic heterocycles. The normalized spacial score (nSPS) is 12.4. The van der Waals surface area contributed by atoms with Crippen LogP contribution in [0.15, 0.2) is 47.6 Å². The summed E-state index contributed by atoms with van der Waals surface area (Å²) in [6.07, 6.45) is 5.41. The molecule has 0 atom stereocenters. The first kappa shape index (κ1) is 18.6. The molecular formula is C19H27F2N. The number of halogens is 2. The zero-order valence-electron chi connectivity index (χ0n) is 14.0. The lowest BCUT2D eigenvalue weighted by Crippen LogP contribution is -2.25. The maximum Gasteiger partial charge on any atom is 0.268 e. The van der Waals surface area contributed by atoms with E-state index in [1.807, 2.05) is 26.0 Å². The Bertz CT molecular complexity index is 520. The summed E-state index contributed by atoms with van der Waals surface area (Å²) in [4.78, 5) is 0. The second-order valence-corrected chi connectivity index (χ2v) is 6.00. The number of hydrogen-bond acceptors (Lipinski definition) is 1. The predicted molar refractivity (Wildman–Crippen MR) is 90.3 cm³/mol. The molecule has 0 unspecified atom stereocenters. The molecule has 0 aliphatic carbocycles. The standard InChI is InChI=1S/C19H27F2N/c1-5-7-16-8-6-9-17(12-16)13-22-14-18(19(4,20)21)11-10-15(2)3/h6,8-12,22H,5,7,13-14H2,1-4H3/b18-11+. The van der Waals surface area contributed by atoms with Gasteiger partial charge in [0, 0.05) is 25.6 Å².